The summed E-state index contributed by atoms with van der Waals surface area (Å²) in [6.07, 6.45) is 0. The number of fused-ring (bicyclic) bond motifs is 1. The second kappa shape index (κ2) is 11.2. The molecule has 5 aromatic rings. The van der Waals surface area contributed by atoms with Crippen LogP contribution in [0.2, 0.25) is 10.0 Å². The van der Waals surface area contributed by atoms with E-state index in [9.17, 15) is 9.59 Å². The molecule has 0 atom stereocenters. The summed E-state index contributed by atoms with van der Waals surface area (Å²) in [6.45, 7) is 0.949. The van der Waals surface area contributed by atoms with Gasteiger partial charge in [0.15, 0.2) is 0 Å². The number of ether oxygens (including phenoxy) is 1. The number of hydrogen-bond donors (Lipinski definition) is 2. The molecule has 12 heteroatoms. The second-order valence-corrected chi connectivity index (χ2v) is 9.62. The molecule has 5 rings (SSSR count). The molecule has 0 bridgehead atoms. The van der Waals surface area contributed by atoms with Crippen molar-refractivity contribution in [1.82, 2.24) is 23.7 Å². The van der Waals surface area contributed by atoms with Gasteiger partial charge in [-0.2, -0.15) is 4.98 Å². The van der Waals surface area contributed by atoms with Crippen molar-refractivity contribution in [3.8, 4) is 5.75 Å². The van der Waals surface area contributed by atoms with Crippen LogP contribution in [0.15, 0.2) is 76.3 Å². The van der Waals surface area contributed by atoms with Gasteiger partial charge in [0.1, 0.15) is 5.75 Å². The Bertz CT molecular complexity index is 1760. The van der Waals surface area contributed by atoms with Crippen molar-refractivity contribution < 1.29 is 4.74 Å². The number of nitrogens with one attached hydrogen (secondary N) is 1. The zero-order valence-electron chi connectivity index (χ0n) is 21.0. The van der Waals surface area contributed by atoms with Crippen LogP contribution in [0.5, 0.6) is 5.75 Å². The van der Waals surface area contributed by atoms with Crippen LogP contribution in [-0.4, -0.2) is 37.3 Å². The first-order valence-electron chi connectivity index (χ1n) is 12.1. The molecule has 200 valence electrons. The standard InChI is InChI=1S/C27H25Cl2N7O3/c1-39-19-9-6-17(7-10-19)15-35-25(31-12-13-34-23-5-3-2-4-22(23)32-24(34)30)33-26(37)36(27(35)38)16-18-8-11-20(28)21(29)14-18/h2-11,14H,12-13,15-16H2,1H3,(H2,30,32)(H,31,33,37). The molecular formula is C27H25Cl2N7O3. The minimum atomic E-state index is -0.688. The highest BCUT2D eigenvalue weighted by molar-refractivity contribution is 6.42. The van der Waals surface area contributed by atoms with E-state index in [1.54, 1.807) is 37.4 Å². The first-order chi connectivity index (χ1) is 18.8. The van der Waals surface area contributed by atoms with Crippen molar-refractivity contribution in [3.63, 3.8) is 0 Å². The van der Waals surface area contributed by atoms with Gasteiger partial charge >= 0.3 is 11.4 Å². The average molecular weight is 566 g/mol. The highest BCUT2D eigenvalue weighted by Crippen LogP contribution is 2.23. The number of halogens is 2. The van der Waals surface area contributed by atoms with Crippen LogP contribution in [0.25, 0.3) is 11.0 Å². The summed E-state index contributed by atoms with van der Waals surface area (Å²) in [7, 11) is 1.58. The molecule has 2 heterocycles. The molecule has 10 nitrogen and oxygen atoms in total. The lowest BCUT2D eigenvalue weighted by Gasteiger charge is -2.16. The first-order valence-corrected chi connectivity index (χ1v) is 12.8. The summed E-state index contributed by atoms with van der Waals surface area (Å²) >= 11 is 12.2. The van der Waals surface area contributed by atoms with E-state index in [1.165, 1.54) is 4.57 Å². The molecule has 3 N–H and O–H groups in total. The summed E-state index contributed by atoms with van der Waals surface area (Å²) in [6, 6.07) is 19.9. The number of anilines is 2. The lowest BCUT2D eigenvalue weighted by Crippen LogP contribution is -2.43. The lowest BCUT2D eigenvalue weighted by atomic mass is 10.2. The zero-order chi connectivity index (χ0) is 27.5. The van der Waals surface area contributed by atoms with Crippen LogP contribution in [-0.2, 0) is 19.6 Å². The van der Waals surface area contributed by atoms with E-state index in [0.717, 1.165) is 21.2 Å². The fourth-order valence-corrected chi connectivity index (χ4v) is 4.61. The number of imidazole rings is 1. The van der Waals surface area contributed by atoms with Crippen molar-refractivity contribution in [2.45, 2.75) is 19.6 Å². The number of nitrogens with zero attached hydrogens (tertiary/aromatic N) is 5. The second-order valence-electron chi connectivity index (χ2n) is 8.81. The number of nitrogens with two attached hydrogens (primary N) is 1. The SMILES string of the molecule is COc1ccc(Cn2c(NCCn3c(N)nc4ccccc43)nc(=O)n(Cc3ccc(Cl)c(Cl)c3)c2=O)cc1. The van der Waals surface area contributed by atoms with Crippen LogP contribution >= 0.6 is 23.2 Å². The predicted octanol–water partition coefficient (Wildman–Crippen LogP) is 3.86. The van der Waals surface area contributed by atoms with Crippen LogP contribution in [0.3, 0.4) is 0 Å². The fourth-order valence-electron chi connectivity index (χ4n) is 4.28. The molecule has 39 heavy (non-hydrogen) atoms. The van der Waals surface area contributed by atoms with Gasteiger partial charge in [0, 0.05) is 13.1 Å². The molecule has 0 saturated carbocycles. The Morgan fingerprint density at radius 1 is 0.872 bits per heavy atom. The number of benzene rings is 3. The van der Waals surface area contributed by atoms with E-state index in [0.29, 0.717) is 40.4 Å². The third-order valence-electron chi connectivity index (χ3n) is 6.28. The first kappa shape index (κ1) is 26.3. The van der Waals surface area contributed by atoms with Crippen molar-refractivity contribution in [2.75, 3.05) is 24.7 Å². The smallest absolute Gasteiger partial charge is 0.355 e. The van der Waals surface area contributed by atoms with Gasteiger partial charge in [0.2, 0.25) is 11.9 Å². The maximum absolute atomic E-state index is 13.6. The Hall–Kier alpha value is -4.28. The molecule has 0 aliphatic rings. The van der Waals surface area contributed by atoms with Crippen molar-refractivity contribution >= 4 is 46.1 Å². The Morgan fingerprint density at radius 2 is 1.59 bits per heavy atom. The number of nitrogen functional groups attached to an aromatic ring is 1. The Balaban J connectivity index is 1.47. The molecule has 3 aromatic carbocycles. The number of hydrogen-bond acceptors (Lipinski definition) is 7. The highest BCUT2D eigenvalue weighted by atomic mass is 35.5. The number of methoxy groups -OCH3 is 1. The maximum Gasteiger partial charge on any atom is 0.355 e. The number of aromatic nitrogens is 5. The van der Waals surface area contributed by atoms with Crippen LogP contribution in [0, 0.1) is 0 Å². The summed E-state index contributed by atoms with van der Waals surface area (Å²) in [4.78, 5) is 35.3. The fraction of sp³-hybridized carbons (Fsp3) is 0.185. The Kier molecular flexibility index (Phi) is 7.58. The molecule has 0 saturated heterocycles. The Labute approximate surface area is 233 Å². The van der Waals surface area contributed by atoms with E-state index in [4.69, 9.17) is 33.7 Å². The molecule has 0 aliphatic carbocycles. The van der Waals surface area contributed by atoms with E-state index < -0.39 is 11.4 Å². The number of rotatable bonds is 9. The number of para-hydroxylation sites is 2. The summed E-state index contributed by atoms with van der Waals surface area (Å²) in [5.74, 6) is 1.21. The highest BCUT2D eigenvalue weighted by Gasteiger charge is 2.15. The van der Waals surface area contributed by atoms with Crippen molar-refractivity contribution in [2.24, 2.45) is 0 Å². The van der Waals surface area contributed by atoms with Crippen LogP contribution in [0.1, 0.15) is 11.1 Å². The molecule has 0 spiro atoms. The molecule has 0 fully saturated rings. The maximum atomic E-state index is 13.6. The van der Waals surface area contributed by atoms with Gasteiger partial charge < -0.3 is 20.4 Å². The minimum absolute atomic E-state index is 0.0119. The summed E-state index contributed by atoms with van der Waals surface area (Å²) < 4.78 is 9.59. The summed E-state index contributed by atoms with van der Waals surface area (Å²) in [5.41, 5.74) is 8.06. The van der Waals surface area contributed by atoms with E-state index in [1.807, 2.05) is 41.0 Å². The normalized spacial score (nSPS) is 11.2. The molecule has 0 unspecified atom stereocenters. The summed E-state index contributed by atoms with van der Waals surface area (Å²) in [5, 5.41) is 3.86. The van der Waals surface area contributed by atoms with Gasteiger partial charge in [-0.25, -0.2) is 19.1 Å². The van der Waals surface area contributed by atoms with Gasteiger partial charge in [-0.15, -0.1) is 0 Å². The Morgan fingerprint density at radius 3 is 2.33 bits per heavy atom. The van der Waals surface area contributed by atoms with E-state index in [2.05, 4.69) is 15.3 Å². The third-order valence-corrected chi connectivity index (χ3v) is 7.02. The lowest BCUT2D eigenvalue weighted by molar-refractivity contribution is 0.414. The predicted molar refractivity (Wildman–Crippen MR) is 153 cm³/mol. The monoisotopic (exact) mass is 565 g/mol. The molecule has 0 radical (unpaired) electrons. The van der Waals surface area contributed by atoms with Crippen molar-refractivity contribution in [3.05, 3.63) is 109 Å². The van der Waals surface area contributed by atoms with E-state index in [-0.39, 0.29) is 19.0 Å². The van der Waals surface area contributed by atoms with E-state index >= 15 is 0 Å². The van der Waals surface area contributed by atoms with Crippen molar-refractivity contribution in [1.29, 1.82) is 0 Å². The minimum Gasteiger partial charge on any atom is -0.497 e. The molecule has 2 aromatic heterocycles. The molecule has 0 aliphatic heterocycles. The zero-order valence-corrected chi connectivity index (χ0v) is 22.5. The van der Waals surface area contributed by atoms with Gasteiger partial charge in [-0.1, -0.05) is 53.5 Å². The largest absolute Gasteiger partial charge is 0.497 e. The average Bonchev–Trinajstić information content (AvgIpc) is 3.25. The van der Waals surface area contributed by atoms with Crippen LogP contribution < -0.4 is 27.2 Å². The van der Waals surface area contributed by atoms with Gasteiger partial charge in [-0.05, 0) is 47.5 Å². The molecular weight excluding hydrogens is 541 g/mol. The van der Waals surface area contributed by atoms with Crippen LogP contribution in [0.4, 0.5) is 11.9 Å². The quantitative estimate of drug-likeness (QED) is 0.278. The van der Waals surface area contributed by atoms with Gasteiger partial charge in [-0.3, -0.25) is 4.57 Å². The topological polar surface area (TPSA) is 122 Å². The van der Waals surface area contributed by atoms with Gasteiger partial charge in [0.05, 0.1) is 41.3 Å². The van der Waals surface area contributed by atoms with Gasteiger partial charge in [0.25, 0.3) is 0 Å². The molecule has 0 amide bonds. The third kappa shape index (κ3) is 5.62.